The van der Waals surface area contributed by atoms with E-state index in [4.69, 9.17) is 23.2 Å². The Morgan fingerprint density at radius 1 is 1.38 bits per heavy atom. The van der Waals surface area contributed by atoms with Crippen molar-refractivity contribution in [3.63, 3.8) is 0 Å². The molecule has 4 heterocycles. The van der Waals surface area contributed by atoms with E-state index in [0.717, 1.165) is 23.0 Å². The Bertz CT molecular complexity index is 960. The Morgan fingerprint density at radius 3 is 2.96 bits per heavy atom. The van der Waals surface area contributed by atoms with Crippen molar-refractivity contribution in [1.29, 1.82) is 0 Å². The summed E-state index contributed by atoms with van der Waals surface area (Å²) in [6.07, 6.45) is 6.65. The second-order valence-electron chi connectivity index (χ2n) is 5.57. The van der Waals surface area contributed by atoms with Crippen molar-refractivity contribution in [1.82, 2.24) is 14.9 Å². The smallest absolute Gasteiger partial charge is 0.256 e. The van der Waals surface area contributed by atoms with Crippen molar-refractivity contribution < 1.29 is 4.79 Å². The SMILES string of the molecule is O=C(c1cc(Cl)sc1Cl)N1CC=C(c2c[nH]c3ncccc23)CC1. The summed E-state index contributed by atoms with van der Waals surface area (Å²) in [5.74, 6) is -0.0703. The van der Waals surface area contributed by atoms with Crippen LogP contribution in [0.25, 0.3) is 16.6 Å². The van der Waals surface area contributed by atoms with Crippen molar-refractivity contribution in [2.75, 3.05) is 13.1 Å². The quantitative estimate of drug-likeness (QED) is 0.692. The molecule has 3 aromatic rings. The van der Waals surface area contributed by atoms with E-state index in [2.05, 4.69) is 22.1 Å². The Kier molecular flexibility index (Phi) is 4.08. The fourth-order valence-corrected chi connectivity index (χ4v) is 4.42. The Morgan fingerprint density at radius 2 is 2.25 bits per heavy atom. The second kappa shape index (κ2) is 6.24. The molecule has 1 aliphatic heterocycles. The average molecular weight is 378 g/mol. The van der Waals surface area contributed by atoms with E-state index in [9.17, 15) is 4.79 Å². The van der Waals surface area contributed by atoms with E-state index < -0.39 is 0 Å². The van der Waals surface area contributed by atoms with Gasteiger partial charge in [0.15, 0.2) is 0 Å². The van der Waals surface area contributed by atoms with E-state index in [0.29, 0.717) is 27.3 Å². The van der Waals surface area contributed by atoms with Crippen LogP contribution in [-0.2, 0) is 0 Å². The number of nitrogens with one attached hydrogen (secondary N) is 1. The normalized spacial score (nSPS) is 14.9. The molecule has 0 radical (unpaired) electrons. The van der Waals surface area contributed by atoms with Crippen molar-refractivity contribution >= 4 is 57.1 Å². The third kappa shape index (κ3) is 2.73. The van der Waals surface area contributed by atoms with E-state index in [1.165, 1.54) is 16.9 Å². The van der Waals surface area contributed by atoms with Gasteiger partial charge in [-0.15, -0.1) is 11.3 Å². The zero-order chi connectivity index (χ0) is 16.7. The number of carbonyl (C=O) groups excluding carboxylic acids is 1. The molecule has 0 spiro atoms. The van der Waals surface area contributed by atoms with Crippen molar-refractivity contribution in [3.05, 3.63) is 56.5 Å². The minimum Gasteiger partial charge on any atom is -0.346 e. The zero-order valence-electron chi connectivity index (χ0n) is 12.6. The maximum Gasteiger partial charge on any atom is 0.256 e. The summed E-state index contributed by atoms with van der Waals surface area (Å²) >= 11 is 13.2. The maximum atomic E-state index is 12.6. The molecule has 0 atom stereocenters. The molecule has 122 valence electrons. The van der Waals surface area contributed by atoms with Crippen LogP contribution in [0.4, 0.5) is 0 Å². The van der Waals surface area contributed by atoms with Crippen LogP contribution in [0.3, 0.4) is 0 Å². The van der Waals surface area contributed by atoms with E-state index >= 15 is 0 Å². The highest BCUT2D eigenvalue weighted by molar-refractivity contribution is 7.20. The number of rotatable bonds is 2. The summed E-state index contributed by atoms with van der Waals surface area (Å²) in [5, 5.41) is 1.11. The number of thiophene rings is 1. The number of hydrogen-bond donors (Lipinski definition) is 1. The van der Waals surface area contributed by atoms with Gasteiger partial charge in [-0.2, -0.15) is 0 Å². The number of halogens is 2. The summed E-state index contributed by atoms with van der Waals surface area (Å²) in [4.78, 5) is 21.9. The molecule has 0 unspecified atom stereocenters. The van der Waals surface area contributed by atoms with Crippen LogP contribution in [0.1, 0.15) is 22.3 Å². The lowest BCUT2D eigenvalue weighted by Gasteiger charge is -2.26. The molecule has 0 aliphatic carbocycles. The number of amides is 1. The highest BCUT2D eigenvalue weighted by Gasteiger charge is 2.23. The second-order valence-corrected chi connectivity index (χ2v) is 7.86. The summed E-state index contributed by atoms with van der Waals surface area (Å²) in [7, 11) is 0. The molecule has 1 amide bonds. The summed E-state index contributed by atoms with van der Waals surface area (Å²) < 4.78 is 0.977. The minimum atomic E-state index is -0.0703. The van der Waals surface area contributed by atoms with Crippen molar-refractivity contribution in [2.45, 2.75) is 6.42 Å². The summed E-state index contributed by atoms with van der Waals surface area (Å²) in [6.45, 7) is 1.21. The molecule has 0 saturated carbocycles. The molecule has 24 heavy (non-hydrogen) atoms. The molecular formula is C17H13Cl2N3OS. The number of fused-ring (bicyclic) bond motifs is 1. The van der Waals surface area contributed by atoms with Gasteiger partial charge < -0.3 is 9.88 Å². The number of pyridine rings is 1. The lowest BCUT2D eigenvalue weighted by atomic mass is 9.99. The first-order valence-corrected chi connectivity index (χ1v) is 9.06. The zero-order valence-corrected chi connectivity index (χ0v) is 14.9. The first-order chi connectivity index (χ1) is 11.6. The van der Waals surface area contributed by atoms with E-state index in [1.54, 1.807) is 17.2 Å². The number of aromatic amines is 1. The molecule has 0 aromatic carbocycles. The molecule has 1 aliphatic rings. The lowest BCUT2D eigenvalue weighted by Crippen LogP contribution is -2.34. The van der Waals surface area contributed by atoms with Crippen LogP contribution in [0, 0.1) is 0 Å². The predicted molar refractivity (Wildman–Crippen MR) is 98.9 cm³/mol. The Balaban J connectivity index is 1.57. The van der Waals surface area contributed by atoms with Crippen LogP contribution in [0.5, 0.6) is 0 Å². The van der Waals surface area contributed by atoms with Gasteiger partial charge in [-0.3, -0.25) is 4.79 Å². The van der Waals surface area contributed by atoms with Gasteiger partial charge in [0.05, 0.1) is 9.90 Å². The van der Waals surface area contributed by atoms with E-state index in [1.807, 2.05) is 12.3 Å². The predicted octanol–water partition coefficient (Wildman–Crippen LogP) is 4.86. The molecule has 7 heteroatoms. The van der Waals surface area contributed by atoms with Gasteiger partial charge in [-0.1, -0.05) is 29.3 Å². The molecule has 3 aromatic heterocycles. The number of hydrogen-bond acceptors (Lipinski definition) is 3. The van der Waals surface area contributed by atoms with Crippen LogP contribution in [0.15, 0.2) is 36.7 Å². The molecular weight excluding hydrogens is 365 g/mol. The molecule has 0 bridgehead atoms. The number of H-pyrrole nitrogens is 1. The summed E-state index contributed by atoms with van der Waals surface area (Å²) in [5.41, 5.74) is 3.75. The maximum absolute atomic E-state index is 12.6. The third-order valence-corrected chi connectivity index (χ3v) is 5.67. The van der Waals surface area contributed by atoms with E-state index in [-0.39, 0.29) is 5.91 Å². The first-order valence-electron chi connectivity index (χ1n) is 7.49. The van der Waals surface area contributed by atoms with Gasteiger partial charge in [-0.05, 0) is 30.2 Å². The molecule has 1 N–H and O–H groups in total. The first kappa shape index (κ1) is 15.7. The number of nitrogens with zero attached hydrogens (tertiary/aromatic N) is 2. The van der Waals surface area contributed by atoms with Crippen LogP contribution in [0.2, 0.25) is 8.67 Å². The van der Waals surface area contributed by atoms with Crippen molar-refractivity contribution in [2.24, 2.45) is 0 Å². The third-order valence-electron chi connectivity index (χ3n) is 4.18. The topological polar surface area (TPSA) is 49.0 Å². The Hall–Kier alpha value is -1.82. The molecule has 0 fully saturated rings. The van der Waals surface area contributed by atoms with Gasteiger partial charge >= 0.3 is 0 Å². The largest absolute Gasteiger partial charge is 0.346 e. The summed E-state index contributed by atoms with van der Waals surface area (Å²) in [6, 6.07) is 5.63. The highest BCUT2D eigenvalue weighted by Crippen LogP contribution is 2.33. The lowest BCUT2D eigenvalue weighted by molar-refractivity contribution is 0.0773. The fourth-order valence-electron chi connectivity index (χ4n) is 2.98. The van der Waals surface area contributed by atoms with Gasteiger partial charge in [0.1, 0.15) is 9.98 Å². The molecule has 0 saturated heterocycles. The van der Waals surface area contributed by atoms with Gasteiger partial charge in [0, 0.05) is 36.4 Å². The number of carbonyl (C=O) groups is 1. The monoisotopic (exact) mass is 377 g/mol. The standard InChI is InChI=1S/C17H13Cl2N3OS/c18-14-8-12(15(19)24-14)17(23)22-6-3-10(4-7-22)13-9-21-16-11(13)2-1-5-20-16/h1-3,5,8-9H,4,6-7H2,(H,20,21). The van der Waals surface area contributed by atoms with Crippen molar-refractivity contribution in [3.8, 4) is 0 Å². The van der Waals surface area contributed by atoms with Gasteiger partial charge in [-0.25, -0.2) is 4.98 Å². The van der Waals surface area contributed by atoms with Crippen LogP contribution in [-0.4, -0.2) is 33.9 Å². The molecule has 4 rings (SSSR count). The molecule has 4 nitrogen and oxygen atoms in total. The Labute approximate surface area is 152 Å². The highest BCUT2D eigenvalue weighted by atomic mass is 35.5. The minimum absolute atomic E-state index is 0.0703. The van der Waals surface area contributed by atoms with Gasteiger partial charge in [0.2, 0.25) is 0 Å². The van der Waals surface area contributed by atoms with Gasteiger partial charge in [0.25, 0.3) is 5.91 Å². The van der Waals surface area contributed by atoms with Crippen LogP contribution >= 0.6 is 34.5 Å². The fraction of sp³-hybridized carbons (Fsp3) is 0.176. The number of aromatic nitrogens is 2. The van der Waals surface area contributed by atoms with Crippen LogP contribution < -0.4 is 0 Å². The average Bonchev–Trinajstić information content (AvgIpc) is 3.17.